The Morgan fingerprint density at radius 3 is 1.78 bits per heavy atom. The van der Waals surface area contributed by atoms with Crippen LogP contribution in [-0.4, -0.2) is 29.0 Å². The highest BCUT2D eigenvalue weighted by molar-refractivity contribution is 5.73. The monoisotopic (exact) mass is 309 g/mol. The average molecular weight is 309 g/mol. The quantitative estimate of drug-likeness (QED) is 0.946. The first-order valence-electron chi connectivity index (χ1n) is 8.21. The SMILES string of the molecule is CC(=O)N1CCC(C(O)(c2ccccc2)c2ccccc2)CC1. The molecule has 2 aromatic carbocycles. The summed E-state index contributed by atoms with van der Waals surface area (Å²) in [6.45, 7) is 3.03. The van der Waals surface area contributed by atoms with Crippen molar-refractivity contribution in [2.75, 3.05) is 13.1 Å². The van der Waals surface area contributed by atoms with Gasteiger partial charge in [-0.2, -0.15) is 0 Å². The van der Waals surface area contributed by atoms with E-state index in [0.717, 1.165) is 24.0 Å². The summed E-state index contributed by atoms with van der Waals surface area (Å²) >= 11 is 0. The lowest BCUT2D eigenvalue weighted by Crippen LogP contribution is -2.45. The first kappa shape index (κ1) is 15.8. The van der Waals surface area contributed by atoms with E-state index in [0.29, 0.717) is 13.1 Å². The van der Waals surface area contributed by atoms with Crippen molar-refractivity contribution in [3.05, 3.63) is 71.8 Å². The number of rotatable bonds is 3. The van der Waals surface area contributed by atoms with Crippen molar-refractivity contribution >= 4 is 5.91 Å². The maximum Gasteiger partial charge on any atom is 0.219 e. The molecule has 1 heterocycles. The zero-order valence-corrected chi connectivity index (χ0v) is 13.5. The predicted octanol–water partition coefficient (Wildman–Crippen LogP) is 3.18. The zero-order valence-electron chi connectivity index (χ0n) is 13.5. The molecule has 1 aliphatic heterocycles. The van der Waals surface area contributed by atoms with Crippen LogP contribution in [0.25, 0.3) is 0 Å². The summed E-state index contributed by atoms with van der Waals surface area (Å²) in [5, 5.41) is 11.7. The molecule has 0 atom stereocenters. The molecule has 0 spiro atoms. The van der Waals surface area contributed by atoms with E-state index in [-0.39, 0.29) is 11.8 Å². The second-order valence-corrected chi connectivity index (χ2v) is 6.28. The van der Waals surface area contributed by atoms with Crippen molar-refractivity contribution in [2.24, 2.45) is 5.92 Å². The number of carbonyl (C=O) groups is 1. The van der Waals surface area contributed by atoms with E-state index in [4.69, 9.17) is 0 Å². The van der Waals surface area contributed by atoms with Gasteiger partial charge in [0.2, 0.25) is 5.91 Å². The lowest BCUT2D eigenvalue weighted by Gasteiger charge is -2.42. The Hall–Kier alpha value is -2.13. The molecule has 0 aromatic heterocycles. The fourth-order valence-corrected chi connectivity index (χ4v) is 3.63. The highest BCUT2D eigenvalue weighted by Gasteiger charge is 2.41. The Kier molecular flexibility index (Phi) is 4.49. The van der Waals surface area contributed by atoms with E-state index in [9.17, 15) is 9.90 Å². The molecule has 3 heteroatoms. The smallest absolute Gasteiger partial charge is 0.219 e. The summed E-state index contributed by atoms with van der Waals surface area (Å²) < 4.78 is 0. The van der Waals surface area contributed by atoms with E-state index < -0.39 is 5.60 Å². The Morgan fingerprint density at radius 2 is 1.39 bits per heavy atom. The van der Waals surface area contributed by atoms with Gasteiger partial charge in [0.1, 0.15) is 5.60 Å². The van der Waals surface area contributed by atoms with E-state index >= 15 is 0 Å². The summed E-state index contributed by atoms with van der Waals surface area (Å²) in [5.41, 5.74) is 0.839. The predicted molar refractivity (Wildman–Crippen MR) is 90.9 cm³/mol. The van der Waals surface area contributed by atoms with Gasteiger partial charge in [-0.15, -0.1) is 0 Å². The molecule has 23 heavy (non-hydrogen) atoms. The van der Waals surface area contributed by atoms with Crippen LogP contribution in [0.3, 0.4) is 0 Å². The van der Waals surface area contributed by atoms with Crippen molar-refractivity contribution in [1.82, 2.24) is 4.90 Å². The molecule has 1 fully saturated rings. The molecule has 0 aliphatic carbocycles. The Balaban J connectivity index is 1.96. The average Bonchev–Trinajstić information content (AvgIpc) is 2.62. The third kappa shape index (κ3) is 3.02. The summed E-state index contributed by atoms with van der Waals surface area (Å²) in [6, 6.07) is 19.8. The van der Waals surface area contributed by atoms with Crippen LogP contribution < -0.4 is 0 Å². The van der Waals surface area contributed by atoms with Gasteiger partial charge < -0.3 is 10.0 Å². The number of benzene rings is 2. The van der Waals surface area contributed by atoms with Gasteiger partial charge in [-0.1, -0.05) is 60.7 Å². The standard InChI is InChI=1S/C20H23NO2/c1-16(22)21-14-12-19(13-15-21)20(23,17-8-4-2-5-9-17)18-10-6-3-7-11-18/h2-11,19,23H,12-15H2,1H3. The number of aliphatic hydroxyl groups is 1. The lowest BCUT2D eigenvalue weighted by molar-refractivity contribution is -0.131. The van der Waals surface area contributed by atoms with E-state index in [1.165, 1.54) is 0 Å². The zero-order chi connectivity index (χ0) is 16.3. The highest BCUT2D eigenvalue weighted by atomic mass is 16.3. The number of likely N-dealkylation sites (tertiary alicyclic amines) is 1. The number of nitrogens with zero attached hydrogens (tertiary/aromatic N) is 1. The third-order valence-corrected chi connectivity index (χ3v) is 4.96. The van der Waals surface area contributed by atoms with Gasteiger partial charge in [-0.25, -0.2) is 0 Å². The molecule has 1 N–H and O–H groups in total. The number of hydrogen-bond donors (Lipinski definition) is 1. The van der Waals surface area contributed by atoms with E-state index in [1.807, 2.05) is 65.6 Å². The molecule has 3 nitrogen and oxygen atoms in total. The molecule has 0 radical (unpaired) electrons. The Labute approximate surface area is 137 Å². The summed E-state index contributed by atoms with van der Waals surface area (Å²) in [6.07, 6.45) is 1.61. The molecular formula is C20H23NO2. The molecule has 2 aromatic rings. The van der Waals surface area contributed by atoms with Gasteiger partial charge in [0.25, 0.3) is 0 Å². The highest BCUT2D eigenvalue weighted by Crippen LogP contribution is 2.41. The van der Waals surface area contributed by atoms with Crippen LogP contribution in [0.5, 0.6) is 0 Å². The third-order valence-electron chi connectivity index (χ3n) is 4.96. The van der Waals surface area contributed by atoms with Gasteiger partial charge in [-0.05, 0) is 29.9 Å². The summed E-state index contributed by atoms with van der Waals surface area (Å²) in [4.78, 5) is 13.4. The summed E-state index contributed by atoms with van der Waals surface area (Å²) in [7, 11) is 0. The van der Waals surface area contributed by atoms with E-state index in [2.05, 4.69) is 0 Å². The van der Waals surface area contributed by atoms with Gasteiger partial charge in [0, 0.05) is 20.0 Å². The minimum absolute atomic E-state index is 0.0999. The Morgan fingerprint density at radius 1 is 0.957 bits per heavy atom. The molecule has 1 saturated heterocycles. The second-order valence-electron chi connectivity index (χ2n) is 6.28. The largest absolute Gasteiger partial charge is 0.380 e. The van der Waals surface area contributed by atoms with Crippen molar-refractivity contribution < 1.29 is 9.90 Å². The van der Waals surface area contributed by atoms with Crippen molar-refractivity contribution in [1.29, 1.82) is 0 Å². The maximum atomic E-state index is 11.7. The first-order chi connectivity index (χ1) is 11.1. The number of piperidine rings is 1. The Bertz CT molecular complexity index is 606. The summed E-state index contributed by atoms with van der Waals surface area (Å²) in [5.74, 6) is 0.217. The van der Waals surface area contributed by atoms with Crippen LogP contribution in [0, 0.1) is 5.92 Å². The minimum Gasteiger partial charge on any atom is -0.380 e. The topological polar surface area (TPSA) is 40.5 Å². The molecule has 1 amide bonds. The fraction of sp³-hybridized carbons (Fsp3) is 0.350. The first-order valence-corrected chi connectivity index (χ1v) is 8.21. The molecule has 0 saturated carbocycles. The minimum atomic E-state index is -1.01. The van der Waals surface area contributed by atoms with Crippen LogP contribution in [0.15, 0.2) is 60.7 Å². The van der Waals surface area contributed by atoms with Crippen LogP contribution in [-0.2, 0) is 10.4 Å². The molecule has 0 unspecified atom stereocenters. The van der Waals surface area contributed by atoms with Gasteiger partial charge in [0.15, 0.2) is 0 Å². The molecule has 1 aliphatic rings. The van der Waals surface area contributed by atoms with Gasteiger partial charge in [-0.3, -0.25) is 4.79 Å². The molecular weight excluding hydrogens is 286 g/mol. The van der Waals surface area contributed by atoms with Crippen LogP contribution in [0.1, 0.15) is 30.9 Å². The number of carbonyl (C=O) groups excluding carboxylic acids is 1. The van der Waals surface area contributed by atoms with Crippen molar-refractivity contribution in [2.45, 2.75) is 25.4 Å². The van der Waals surface area contributed by atoms with E-state index in [1.54, 1.807) is 6.92 Å². The van der Waals surface area contributed by atoms with Crippen LogP contribution >= 0.6 is 0 Å². The normalized spacial score (nSPS) is 16.3. The molecule has 120 valence electrons. The number of hydrogen-bond acceptors (Lipinski definition) is 2. The fourth-order valence-electron chi connectivity index (χ4n) is 3.63. The van der Waals surface area contributed by atoms with Crippen LogP contribution in [0.4, 0.5) is 0 Å². The van der Waals surface area contributed by atoms with Crippen molar-refractivity contribution in [3.63, 3.8) is 0 Å². The lowest BCUT2D eigenvalue weighted by atomic mass is 9.72. The van der Waals surface area contributed by atoms with Crippen LogP contribution in [0.2, 0.25) is 0 Å². The number of amides is 1. The van der Waals surface area contributed by atoms with Crippen molar-refractivity contribution in [3.8, 4) is 0 Å². The maximum absolute atomic E-state index is 11.7. The molecule has 0 bridgehead atoms. The van der Waals surface area contributed by atoms with Gasteiger partial charge in [0.05, 0.1) is 0 Å². The molecule has 3 rings (SSSR count). The van der Waals surface area contributed by atoms with Gasteiger partial charge >= 0.3 is 0 Å². The second kappa shape index (κ2) is 6.55.